The van der Waals surface area contributed by atoms with E-state index in [9.17, 15) is 28.8 Å². The zero-order valence-corrected chi connectivity index (χ0v) is 60.3. The van der Waals surface area contributed by atoms with Gasteiger partial charge in [-0.15, -0.1) is 0 Å². The van der Waals surface area contributed by atoms with E-state index >= 15 is 0 Å². The van der Waals surface area contributed by atoms with Crippen molar-refractivity contribution in [1.82, 2.24) is 5.32 Å². The molecule has 0 heterocycles. The lowest BCUT2D eigenvalue weighted by Crippen LogP contribution is -2.46. The summed E-state index contributed by atoms with van der Waals surface area (Å²) < 4.78 is 102. The van der Waals surface area contributed by atoms with Crippen molar-refractivity contribution in [3.63, 3.8) is 0 Å². The van der Waals surface area contributed by atoms with Gasteiger partial charge in [-0.05, 0) is 48.2 Å². The van der Waals surface area contributed by atoms with E-state index in [1.807, 2.05) is 38.1 Å². The number of carboxylic acids is 3. The number of hydrogen-bond acceptors (Lipinski definition) is 25. The molecule has 1 aromatic carbocycles. The molecule has 0 bridgehead atoms. The molecule has 0 saturated heterocycles. The van der Waals surface area contributed by atoms with Gasteiger partial charge in [0.05, 0.1) is 224 Å². The van der Waals surface area contributed by atoms with E-state index in [1.165, 1.54) is 0 Å². The van der Waals surface area contributed by atoms with Gasteiger partial charge in [0.15, 0.2) is 14.1 Å². The standard InChI is InChI=1S/C46H82N2O15Si.C20H38O13/c1-9-10-11-12-39(45(53)47-40-15-13-38(14-16-40)34-63-64(7,8)46(4,5)6)33-41(49)44(37(2)3)48-42(50)35-61-31-29-59-27-25-57-23-21-55-19-17-54-18-20-56-22-24-58-26-28-60-30-32-62-36-43(51)52;21-19(22)17-32-15-13-30-11-9-28-7-5-26-3-1-25-2-4-27-6-8-29-10-12-31-14-16-33-18-20(23)24/h13-16,37,39,44H,9-12,17-36H2,1-8H3,(H,47,53)(H,48,50)(H,51,52);1-18H2,(H,21,22)(H,23,24)/t39-,44+;/m1./s1. The third-order valence-electron chi connectivity index (χ3n) is 13.8. The van der Waals surface area contributed by atoms with Crippen LogP contribution in [0, 0.1) is 11.8 Å². The highest BCUT2D eigenvalue weighted by molar-refractivity contribution is 6.74. The molecule has 2 amide bonds. The Hall–Kier alpha value is -4.30. The predicted octanol–water partition coefficient (Wildman–Crippen LogP) is 4.98. The Morgan fingerprint density at radius 1 is 0.423 bits per heavy atom. The zero-order chi connectivity index (χ0) is 71.7. The van der Waals surface area contributed by atoms with Gasteiger partial charge in [0.1, 0.15) is 26.4 Å². The van der Waals surface area contributed by atoms with E-state index in [-0.39, 0.29) is 88.5 Å². The van der Waals surface area contributed by atoms with Crippen molar-refractivity contribution in [3.05, 3.63) is 29.8 Å². The molecule has 0 aliphatic rings. The highest BCUT2D eigenvalue weighted by atomic mass is 28.4. The van der Waals surface area contributed by atoms with Gasteiger partial charge in [-0.1, -0.05) is 72.9 Å². The number of ketones is 1. The Labute approximate surface area is 575 Å². The maximum Gasteiger partial charge on any atom is 0.329 e. The Morgan fingerprint density at radius 2 is 0.701 bits per heavy atom. The van der Waals surface area contributed by atoms with Gasteiger partial charge in [-0.2, -0.15) is 0 Å². The zero-order valence-electron chi connectivity index (χ0n) is 59.3. The second-order valence-electron chi connectivity index (χ2n) is 23.4. The lowest BCUT2D eigenvalue weighted by atomic mass is 9.89. The summed E-state index contributed by atoms with van der Waals surface area (Å²) in [5.74, 6) is -4.49. The van der Waals surface area contributed by atoms with Gasteiger partial charge in [0, 0.05) is 18.0 Å². The number of carbonyl (C=O) groups is 6. The summed E-state index contributed by atoms with van der Waals surface area (Å²) in [6.45, 7) is 28.7. The highest BCUT2D eigenvalue weighted by Crippen LogP contribution is 2.37. The average molecular weight is 1420 g/mol. The second kappa shape index (κ2) is 65.0. The van der Waals surface area contributed by atoms with E-state index in [1.54, 1.807) is 0 Å². The van der Waals surface area contributed by atoms with E-state index in [4.69, 9.17) is 105 Å². The minimum absolute atomic E-state index is 0.0293. The molecule has 0 radical (unpaired) electrons. The van der Waals surface area contributed by atoms with Crippen molar-refractivity contribution in [3.8, 4) is 0 Å². The van der Waals surface area contributed by atoms with Gasteiger partial charge in [-0.3, -0.25) is 14.4 Å². The van der Waals surface area contributed by atoms with Gasteiger partial charge >= 0.3 is 17.9 Å². The number of amides is 2. The number of hydrogen-bond donors (Lipinski definition) is 5. The maximum absolute atomic E-state index is 13.6. The van der Waals surface area contributed by atoms with Crippen LogP contribution in [0.15, 0.2) is 24.3 Å². The van der Waals surface area contributed by atoms with Crippen LogP contribution in [-0.2, 0) is 125 Å². The SMILES string of the molecule is CCCCC[C@H](CC(=O)[C@@H](NC(=O)COCCOCCOCCOCCOCCOCCOCCOCCOCC(=O)O)C(C)C)C(=O)Nc1ccc(CO[Si](C)(C)C(C)(C)C)cc1.O=C(O)COCCOCCOCCOCCOCCOCCOCCOCCOCC(=O)O. The van der Waals surface area contributed by atoms with Crippen LogP contribution < -0.4 is 10.6 Å². The number of unbranched alkanes of at least 4 members (excludes halogenated alkanes) is 2. The Kier molecular flexibility index (Phi) is 62.1. The summed E-state index contributed by atoms with van der Waals surface area (Å²) in [6.07, 6.45) is 3.39. The Balaban J connectivity index is 0.00000234. The molecule has 566 valence electrons. The van der Waals surface area contributed by atoms with Crippen LogP contribution in [0.4, 0.5) is 5.69 Å². The molecule has 2 atom stereocenters. The number of ether oxygens (including phenoxy) is 18. The number of aliphatic carboxylic acids is 3. The number of benzene rings is 1. The van der Waals surface area contributed by atoms with E-state index < -0.39 is 44.1 Å². The summed E-state index contributed by atoms with van der Waals surface area (Å²) in [5, 5.41) is 31.2. The predicted molar refractivity (Wildman–Crippen MR) is 359 cm³/mol. The van der Waals surface area contributed by atoms with Crippen molar-refractivity contribution in [2.75, 3.05) is 243 Å². The quantitative estimate of drug-likeness (QED) is 0.0424. The Bertz CT molecular complexity index is 2020. The number of rotatable bonds is 70. The lowest BCUT2D eigenvalue weighted by molar-refractivity contribution is -0.143. The van der Waals surface area contributed by atoms with Crippen LogP contribution in [0.3, 0.4) is 0 Å². The summed E-state index contributed by atoms with van der Waals surface area (Å²) in [4.78, 5) is 70.6. The summed E-state index contributed by atoms with van der Waals surface area (Å²) in [6, 6.07) is 6.93. The fourth-order valence-electron chi connectivity index (χ4n) is 7.54. The largest absolute Gasteiger partial charge is 0.480 e. The van der Waals surface area contributed by atoms with E-state index in [2.05, 4.69) is 51.4 Å². The number of carboxylic acid groups (broad SMARTS) is 3. The highest BCUT2D eigenvalue weighted by Gasteiger charge is 2.37. The van der Waals surface area contributed by atoms with Crippen molar-refractivity contribution in [2.45, 2.75) is 104 Å². The molecular weight excluding hydrogens is 1300 g/mol. The van der Waals surface area contributed by atoms with E-state index in [0.29, 0.717) is 197 Å². The average Bonchev–Trinajstić information content (AvgIpc) is 1.49. The molecule has 0 unspecified atom stereocenters. The van der Waals surface area contributed by atoms with Crippen LogP contribution in [-0.4, -0.2) is 303 Å². The first-order chi connectivity index (χ1) is 46.7. The van der Waals surface area contributed by atoms with Crippen molar-refractivity contribution in [2.24, 2.45) is 11.8 Å². The van der Waals surface area contributed by atoms with E-state index in [0.717, 1.165) is 24.8 Å². The molecule has 1 aromatic rings. The monoisotopic (exact) mass is 1420 g/mol. The molecule has 0 fully saturated rings. The molecule has 97 heavy (non-hydrogen) atoms. The molecule has 30 nitrogen and oxygen atoms in total. The molecule has 0 aliphatic heterocycles. The lowest BCUT2D eigenvalue weighted by Gasteiger charge is -2.36. The first kappa shape index (κ1) is 92.7. The van der Waals surface area contributed by atoms with Gasteiger partial charge in [0.2, 0.25) is 11.8 Å². The Morgan fingerprint density at radius 3 is 0.959 bits per heavy atom. The number of Topliss-reactive ketones (excluding diaryl/α,β-unsaturated/α-hetero) is 1. The van der Waals surface area contributed by atoms with Crippen LogP contribution in [0.2, 0.25) is 18.1 Å². The molecular formula is C66H120N2O28Si. The minimum Gasteiger partial charge on any atom is -0.480 e. The first-order valence-electron chi connectivity index (χ1n) is 33.6. The van der Waals surface area contributed by atoms with Crippen molar-refractivity contribution >= 4 is 49.5 Å². The first-order valence-corrected chi connectivity index (χ1v) is 36.5. The topological polar surface area (TPSA) is 363 Å². The van der Waals surface area contributed by atoms with Crippen molar-refractivity contribution in [1.29, 1.82) is 0 Å². The van der Waals surface area contributed by atoms with Gasteiger partial charge < -0.3 is 116 Å². The number of nitrogens with one attached hydrogen (secondary N) is 2. The molecule has 0 aliphatic carbocycles. The van der Waals surface area contributed by atoms with Crippen LogP contribution in [0.5, 0.6) is 0 Å². The number of anilines is 1. The molecule has 0 spiro atoms. The third-order valence-corrected chi connectivity index (χ3v) is 18.3. The van der Waals surface area contributed by atoms with Crippen LogP contribution in [0.25, 0.3) is 0 Å². The number of carbonyl (C=O) groups excluding carboxylic acids is 3. The third kappa shape index (κ3) is 61.3. The second-order valence-corrected chi connectivity index (χ2v) is 28.2. The normalized spacial score (nSPS) is 12.3. The summed E-state index contributed by atoms with van der Waals surface area (Å²) >= 11 is 0. The smallest absolute Gasteiger partial charge is 0.329 e. The molecule has 31 heteroatoms. The maximum atomic E-state index is 13.6. The summed E-state index contributed by atoms with van der Waals surface area (Å²) in [5.41, 5.74) is 1.70. The fourth-order valence-corrected chi connectivity index (χ4v) is 8.50. The summed E-state index contributed by atoms with van der Waals surface area (Å²) in [7, 11) is -1.89. The molecule has 0 aromatic heterocycles. The van der Waals surface area contributed by atoms with Gasteiger partial charge in [-0.25, -0.2) is 14.4 Å². The van der Waals surface area contributed by atoms with Gasteiger partial charge in [0.25, 0.3) is 0 Å². The van der Waals surface area contributed by atoms with Crippen LogP contribution in [0.1, 0.15) is 79.2 Å². The van der Waals surface area contributed by atoms with Crippen molar-refractivity contribution < 1.29 is 134 Å². The molecule has 5 N–H and O–H groups in total. The molecule has 1 rings (SSSR count). The fraction of sp³-hybridized carbons (Fsp3) is 0.818. The van der Waals surface area contributed by atoms with Crippen LogP contribution >= 0.6 is 0 Å². The minimum atomic E-state index is -1.89. The molecule has 0 saturated carbocycles.